The largest absolute Gasteiger partial charge is 0.493 e. The molecule has 0 bridgehead atoms. The Labute approximate surface area is 208 Å². The molecule has 6 nitrogen and oxygen atoms in total. The second-order valence-electron chi connectivity index (χ2n) is 8.39. The van der Waals surface area contributed by atoms with Gasteiger partial charge in [-0.05, 0) is 48.7 Å². The van der Waals surface area contributed by atoms with Crippen molar-refractivity contribution in [2.24, 2.45) is 0 Å². The monoisotopic (exact) mass is 473 g/mol. The molecule has 3 aromatic carbocycles. The molecule has 184 valence electrons. The van der Waals surface area contributed by atoms with Crippen molar-refractivity contribution < 1.29 is 14.3 Å². The number of hydrogen-bond acceptors (Lipinski definition) is 4. The van der Waals surface area contributed by atoms with Crippen LogP contribution in [-0.4, -0.2) is 43.0 Å². The van der Waals surface area contributed by atoms with Crippen LogP contribution in [0.4, 0.5) is 11.4 Å². The Morgan fingerprint density at radius 2 is 1.54 bits per heavy atom. The molecule has 0 aliphatic rings. The maximum atomic E-state index is 12.9. The molecule has 3 rings (SSSR count). The van der Waals surface area contributed by atoms with E-state index in [1.54, 1.807) is 24.3 Å². The number of carbonyl (C=O) groups is 2. The van der Waals surface area contributed by atoms with Crippen molar-refractivity contribution in [3.63, 3.8) is 0 Å². The molecule has 2 N–H and O–H groups in total. The maximum absolute atomic E-state index is 12.9. The van der Waals surface area contributed by atoms with E-state index >= 15 is 0 Å². The van der Waals surface area contributed by atoms with Gasteiger partial charge in [-0.1, -0.05) is 56.3 Å². The Kier molecular flexibility index (Phi) is 10.2. The summed E-state index contributed by atoms with van der Waals surface area (Å²) in [5, 5.41) is 6.01. The zero-order valence-corrected chi connectivity index (χ0v) is 20.6. The topological polar surface area (TPSA) is 70.7 Å². The summed E-state index contributed by atoms with van der Waals surface area (Å²) in [7, 11) is 0. The molecule has 2 amide bonds. The van der Waals surface area contributed by atoms with Crippen LogP contribution < -0.4 is 15.4 Å². The van der Waals surface area contributed by atoms with Crippen molar-refractivity contribution in [2.45, 2.75) is 33.1 Å². The molecule has 3 aromatic rings. The molecule has 6 heteroatoms. The predicted octanol–water partition coefficient (Wildman–Crippen LogP) is 5.62. The van der Waals surface area contributed by atoms with E-state index in [2.05, 4.69) is 36.6 Å². The van der Waals surface area contributed by atoms with Crippen LogP contribution in [0.3, 0.4) is 0 Å². The summed E-state index contributed by atoms with van der Waals surface area (Å²) in [5.41, 5.74) is 3.22. The number of hydrogen-bond donors (Lipinski definition) is 2. The number of anilines is 2. The molecule has 0 fully saturated rings. The van der Waals surface area contributed by atoms with Gasteiger partial charge in [0, 0.05) is 42.5 Å². The van der Waals surface area contributed by atoms with E-state index in [9.17, 15) is 9.59 Å². The first kappa shape index (κ1) is 25.8. The van der Waals surface area contributed by atoms with Crippen molar-refractivity contribution in [3.05, 3.63) is 90.0 Å². The average Bonchev–Trinajstić information content (AvgIpc) is 2.88. The Balaban J connectivity index is 1.50. The fraction of sp³-hybridized carbons (Fsp3) is 0.310. The van der Waals surface area contributed by atoms with Gasteiger partial charge in [0.05, 0.1) is 13.2 Å². The number of rotatable bonds is 13. The SMILES string of the molecule is CCCN(CCC)C(=O)c1cccc(NC(=O)CNc2cccc(OCCc3ccccc3)c2)c1. The van der Waals surface area contributed by atoms with E-state index in [1.807, 2.05) is 47.4 Å². The lowest BCUT2D eigenvalue weighted by molar-refractivity contribution is -0.114. The standard InChI is InChI=1S/C29H35N3O3/c1-3-17-32(18-4-2)29(34)24-12-8-14-26(20-24)31-28(33)22-30-25-13-9-15-27(21-25)35-19-16-23-10-6-5-7-11-23/h5-15,20-21,30H,3-4,16-19,22H2,1-2H3,(H,31,33). The molecule has 0 atom stereocenters. The number of ether oxygens (including phenoxy) is 1. The third kappa shape index (κ3) is 8.49. The summed E-state index contributed by atoms with van der Waals surface area (Å²) >= 11 is 0. The van der Waals surface area contributed by atoms with Gasteiger partial charge < -0.3 is 20.3 Å². The van der Waals surface area contributed by atoms with Gasteiger partial charge in [0.25, 0.3) is 5.91 Å². The molecule has 35 heavy (non-hydrogen) atoms. The van der Waals surface area contributed by atoms with Crippen LogP contribution in [0.2, 0.25) is 0 Å². The van der Waals surface area contributed by atoms with Crippen molar-refractivity contribution in [3.8, 4) is 5.75 Å². The fourth-order valence-electron chi connectivity index (χ4n) is 3.78. The Morgan fingerprint density at radius 3 is 2.29 bits per heavy atom. The molecule has 0 radical (unpaired) electrons. The van der Waals surface area contributed by atoms with Gasteiger partial charge in [-0.25, -0.2) is 0 Å². The summed E-state index contributed by atoms with van der Waals surface area (Å²) in [6, 6.07) is 24.9. The van der Waals surface area contributed by atoms with E-state index in [0.29, 0.717) is 17.9 Å². The Morgan fingerprint density at radius 1 is 0.829 bits per heavy atom. The van der Waals surface area contributed by atoms with Gasteiger partial charge >= 0.3 is 0 Å². The minimum Gasteiger partial charge on any atom is -0.493 e. The van der Waals surface area contributed by atoms with Crippen molar-refractivity contribution >= 4 is 23.2 Å². The van der Waals surface area contributed by atoms with Gasteiger partial charge in [-0.3, -0.25) is 9.59 Å². The molecule has 0 spiro atoms. The highest BCUT2D eigenvalue weighted by molar-refractivity contribution is 5.98. The highest BCUT2D eigenvalue weighted by Gasteiger charge is 2.15. The summed E-state index contributed by atoms with van der Waals surface area (Å²) < 4.78 is 5.87. The van der Waals surface area contributed by atoms with Crippen LogP contribution in [0, 0.1) is 0 Å². The molecule has 0 aliphatic carbocycles. The highest BCUT2D eigenvalue weighted by Crippen LogP contribution is 2.18. The Hall–Kier alpha value is -3.80. The zero-order chi connectivity index (χ0) is 24.9. The van der Waals surface area contributed by atoms with Gasteiger partial charge in [-0.15, -0.1) is 0 Å². The summed E-state index contributed by atoms with van der Waals surface area (Å²) in [5.74, 6) is 0.553. The average molecular weight is 474 g/mol. The number of benzene rings is 3. The van der Waals surface area contributed by atoms with E-state index in [1.165, 1.54) is 5.56 Å². The maximum Gasteiger partial charge on any atom is 0.253 e. The zero-order valence-electron chi connectivity index (χ0n) is 20.6. The number of amides is 2. The van der Waals surface area contributed by atoms with Gasteiger partial charge in [0.2, 0.25) is 5.91 Å². The summed E-state index contributed by atoms with van der Waals surface area (Å²) in [6.45, 7) is 6.25. The van der Waals surface area contributed by atoms with Crippen LogP contribution in [0.25, 0.3) is 0 Å². The lowest BCUT2D eigenvalue weighted by Crippen LogP contribution is -2.32. The number of carbonyl (C=O) groups excluding carboxylic acids is 2. The molecule has 0 heterocycles. The van der Waals surface area contributed by atoms with Crippen molar-refractivity contribution in [1.82, 2.24) is 4.90 Å². The van der Waals surface area contributed by atoms with E-state index in [4.69, 9.17) is 4.74 Å². The van der Waals surface area contributed by atoms with Gasteiger partial charge in [-0.2, -0.15) is 0 Å². The molecule has 0 aromatic heterocycles. The number of nitrogens with one attached hydrogen (secondary N) is 2. The normalized spacial score (nSPS) is 10.5. The quantitative estimate of drug-likeness (QED) is 0.338. The highest BCUT2D eigenvalue weighted by atomic mass is 16.5. The molecular formula is C29H35N3O3. The molecule has 0 saturated heterocycles. The van der Waals surface area contributed by atoms with E-state index in [-0.39, 0.29) is 18.4 Å². The second-order valence-corrected chi connectivity index (χ2v) is 8.39. The van der Waals surface area contributed by atoms with Crippen molar-refractivity contribution in [1.29, 1.82) is 0 Å². The molecule has 0 saturated carbocycles. The first-order valence-corrected chi connectivity index (χ1v) is 12.3. The summed E-state index contributed by atoms with van der Waals surface area (Å²) in [4.78, 5) is 27.2. The predicted molar refractivity (Wildman–Crippen MR) is 142 cm³/mol. The Bertz CT molecular complexity index is 1080. The minimum atomic E-state index is -0.191. The van der Waals surface area contributed by atoms with Crippen LogP contribution in [-0.2, 0) is 11.2 Å². The number of nitrogens with zero attached hydrogens (tertiary/aromatic N) is 1. The minimum absolute atomic E-state index is 0.00740. The lowest BCUT2D eigenvalue weighted by atomic mass is 10.1. The van der Waals surface area contributed by atoms with E-state index < -0.39 is 0 Å². The first-order chi connectivity index (χ1) is 17.1. The fourth-order valence-corrected chi connectivity index (χ4v) is 3.78. The van der Waals surface area contributed by atoms with Crippen LogP contribution in [0.1, 0.15) is 42.6 Å². The first-order valence-electron chi connectivity index (χ1n) is 12.3. The third-order valence-electron chi connectivity index (χ3n) is 5.46. The smallest absolute Gasteiger partial charge is 0.253 e. The van der Waals surface area contributed by atoms with E-state index in [0.717, 1.165) is 43.8 Å². The second kappa shape index (κ2) is 13.8. The lowest BCUT2D eigenvalue weighted by Gasteiger charge is -2.21. The van der Waals surface area contributed by atoms with Crippen LogP contribution in [0.15, 0.2) is 78.9 Å². The van der Waals surface area contributed by atoms with Gasteiger partial charge in [0.15, 0.2) is 0 Å². The molecule has 0 aliphatic heterocycles. The summed E-state index contributed by atoms with van der Waals surface area (Å²) in [6.07, 6.45) is 2.65. The van der Waals surface area contributed by atoms with Gasteiger partial charge in [0.1, 0.15) is 5.75 Å². The van der Waals surface area contributed by atoms with Crippen LogP contribution in [0.5, 0.6) is 5.75 Å². The molecule has 0 unspecified atom stereocenters. The van der Waals surface area contributed by atoms with Crippen LogP contribution >= 0.6 is 0 Å². The third-order valence-corrected chi connectivity index (χ3v) is 5.46. The van der Waals surface area contributed by atoms with Crippen molar-refractivity contribution in [2.75, 3.05) is 36.9 Å². The molecular weight excluding hydrogens is 438 g/mol.